The molecule has 8 heteroatoms. The van der Waals surface area contributed by atoms with E-state index in [9.17, 15) is 9.59 Å². The van der Waals surface area contributed by atoms with Crippen LogP contribution in [0.4, 0.5) is 0 Å². The highest BCUT2D eigenvalue weighted by molar-refractivity contribution is 5.98. The second kappa shape index (κ2) is 14.9. The molecule has 8 nitrogen and oxygen atoms in total. The minimum absolute atomic E-state index is 0.0475. The first-order valence-electron chi connectivity index (χ1n) is 10.5. The Morgan fingerprint density at radius 1 is 1.21 bits per heavy atom. The minimum atomic E-state index is -0.236. The molecule has 1 N–H and O–H groups in total. The minimum Gasteiger partial charge on any atom is -0.379 e. The maximum atomic E-state index is 11.6. The first kappa shape index (κ1) is 25.0. The van der Waals surface area contributed by atoms with Crippen molar-refractivity contribution in [1.29, 1.82) is 0 Å². The van der Waals surface area contributed by atoms with Gasteiger partial charge in [0.15, 0.2) is 5.78 Å². The number of carbonyl (C=O) groups is 2. The number of ketones is 1. The number of unbranched alkanes of at least 4 members (excludes halogenated alkanes) is 1. The molecule has 1 aromatic rings. The molecule has 0 spiro atoms. The van der Waals surface area contributed by atoms with Gasteiger partial charge in [-0.05, 0) is 45.6 Å². The SMILES string of the molecule is CCOC(C)CCOCCn1cc(CCCCNC(=O)/C=C/C(=O)C(C)C)nn1. The van der Waals surface area contributed by atoms with Crippen LogP contribution in [0, 0.1) is 5.92 Å². The van der Waals surface area contributed by atoms with Gasteiger partial charge in [0.1, 0.15) is 0 Å². The Labute approximate surface area is 174 Å². The summed E-state index contributed by atoms with van der Waals surface area (Å²) in [5, 5.41) is 11.1. The molecule has 1 aromatic heterocycles. The number of hydrogen-bond acceptors (Lipinski definition) is 6. The van der Waals surface area contributed by atoms with Crippen LogP contribution >= 0.6 is 0 Å². The van der Waals surface area contributed by atoms with Gasteiger partial charge in [0.2, 0.25) is 5.91 Å². The van der Waals surface area contributed by atoms with E-state index in [-0.39, 0.29) is 23.7 Å². The Balaban J connectivity index is 2.09. The fourth-order valence-electron chi connectivity index (χ4n) is 2.49. The lowest BCUT2D eigenvalue weighted by molar-refractivity contribution is -0.119. The average Bonchev–Trinajstić information content (AvgIpc) is 3.13. The van der Waals surface area contributed by atoms with Crippen LogP contribution in [-0.4, -0.2) is 59.2 Å². The number of ether oxygens (including phenoxy) is 2. The van der Waals surface area contributed by atoms with Crippen molar-refractivity contribution in [2.45, 2.75) is 66.0 Å². The van der Waals surface area contributed by atoms with Gasteiger partial charge in [-0.1, -0.05) is 19.1 Å². The number of carbonyl (C=O) groups excluding carboxylic acids is 2. The molecular weight excluding hydrogens is 372 g/mol. The maximum absolute atomic E-state index is 11.6. The van der Waals surface area contributed by atoms with Crippen molar-refractivity contribution in [3.8, 4) is 0 Å². The molecule has 0 aliphatic carbocycles. The molecule has 0 aromatic carbocycles. The topological polar surface area (TPSA) is 95.3 Å². The van der Waals surface area contributed by atoms with E-state index in [4.69, 9.17) is 9.47 Å². The number of aromatic nitrogens is 3. The van der Waals surface area contributed by atoms with Gasteiger partial charge in [-0.3, -0.25) is 9.59 Å². The van der Waals surface area contributed by atoms with Crippen molar-refractivity contribution in [2.24, 2.45) is 5.92 Å². The van der Waals surface area contributed by atoms with Crippen LogP contribution in [0.15, 0.2) is 18.3 Å². The van der Waals surface area contributed by atoms with Crippen molar-refractivity contribution in [3.05, 3.63) is 24.0 Å². The molecule has 0 saturated heterocycles. The van der Waals surface area contributed by atoms with Gasteiger partial charge >= 0.3 is 0 Å². The van der Waals surface area contributed by atoms with Gasteiger partial charge in [-0.15, -0.1) is 5.10 Å². The normalized spacial score (nSPS) is 12.6. The summed E-state index contributed by atoms with van der Waals surface area (Å²) >= 11 is 0. The van der Waals surface area contributed by atoms with Crippen LogP contribution in [0.3, 0.4) is 0 Å². The molecule has 1 rings (SSSR count). The quantitative estimate of drug-likeness (QED) is 0.333. The number of nitrogens with zero attached hydrogens (tertiary/aromatic N) is 3. The third-order valence-electron chi connectivity index (χ3n) is 4.30. The lowest BCUT2D eigenvalue weighted by Crippen LogP contribution is -2.22. The van der Waals surface area contributed by atoms with Gasteiger partial charge in [0.25, 0.3) is 0 Å². The summed E-state index contributed by atoms with van der Waals surface area (Å²) < 4.78 is 12.9. The maximum Gasteiger partial charge on any atom is 0.244 e. The van der Waals surface area contributed by atoms with Crippen molar-refractivity contribution in [3.63, 3.8) is 0 Å². The highest BCUT2D eigenvalue weighted by Crippen LogP contribution is 2.02. The summed E-state index contributed by atoms with van der Waals surface area (Å²) in [5.74, 6) is -0.377. The largest absolute Gasteiger partial charge is 0.379 e. The third-order valence-corrected chi connectivity index (χ3v) is 4.30. The lowest BCUT2D eigenvalue weighted by atomic mass is 10.1. The zero-order valence-corrected chi connectivity index (χ0v) is 18.2. The Kier molecular flexibility index (Phi) is 12.8. The number of rotatable bonds is 16. The second-order valence-corrected chi connectivity index (χ2v) is 7.28. The number of allylic oxidation sites excluding steroid dienone is 1. The molecule has 0 aliphatic rings. The summed E-state index contributed by atoms with van der Waals surface area (Å²) in [5.41, 5.74) is 0.934. The van der Waals surface area contributed by atoms with Crippen LogP contribution in [0.5, 0.6) is 0 Å². The molecular formula is C21H36N4O4. The molecule has 0 aliphatic heterocycles. The highest BCUT2D eigenvalue weighted by atomic mass is 16.5. The summed E-state index contributed by atoms with van der Waals surface area (Å²) in [6.45, 7) is 10.9. The molecule has 1 atom stereocenters. The number of amides is 1. The standard InChI is InChI=1S/C21H36N4O4/c1-5-29-18(4)11-14-28-15-13-25-16-19(23-24-25)8-6-7-12-22-21(27)10-9-20(26)17(2)3/h9-10,16-18H,5-8,11-15H2,1-4H3,(H,22,27)/b10-9+. The van der Waals surface area contributed by atoms with Gasteiger partial charge < -0.3 is 14.8 Å². The molecule has 1 heterocycles. The number of aryl methyl sites for hydroxylation is 1. The average molecular weight is 409 g/mol. The fraction of sp³-hybridized carbons (Fsp3) is 0.714. The Hall–Kier alpha value is -2.06. The lowest BCUT2D eigenvalue weighted by Gasteiger charge is -2.11. The van der Waals surface area contributed by atoms with E-state index in [0.717, 1.165) is 38.0 Å². The summed E-state index contributed by atoms with van der Waals surface area (Å²) in [7, 11) is 0. The molecule has 29 heavy (non-hydrogen) atoms. The van der Waals surface area contributed by atoms with Crippen molar-refractivity contribution < 1.29 is 19.1 Å². The van der Waals surface area contributed by atoms with Gasteiger partial charge in [-0.2, -0.15) is 0 Å². The third kappa shape index (κ3) is 12.2. The number of hydrogen-bond donors (Lipinski definition) is 1. The molecule has 0 fully saturated rings. The van der Waals surface area contributed by atoms with Crippen LogP contribution < -0.4 is 5.32 Å². The molecule has 0 bridgehead atoms. The molecule has 0 radical (unpaired) electrons. The second-order valence-electron chi connectivity index (χ2n) is 7.28. The molecule has 1 unspecified atom stereocenters. The van der Waals surface area contributed by atoms with E-state index in [0.29, 0.717) is 26.3 Å². The smallest absolute Gasteiger partial charge is 0.244 e. The van der Waals surface area contributed by atoms with Crippen molar-refractivity contribution in [2.75, 3.05) is 26.4 Å². The van der Waals surface area contributed by atoms with Crippen LogP contribution in [0.1, 0.15) is 52.7 Å². The fourth-order valence-corrected chi connectivity index (χ4v) is 2.49. The first-order valence-corrected chi connectivity index (χ1v) is 10.5. The Bertz CT molecular complexity index is 628. The highest BCUT2D eigenvalue weighted by Gasteiger charge is 2.05. The summed E-state index contributed by atoms with van der Waals surface area (Å²) in [4.78, 5) is 23.1. The van der Waals surface area contributed by atoms with Gasteiger partial charge in [0.05, 0.1) is 24.9 Å². The van der Waals surface area contributed by atoms with E-state index in [2.05, 4.69) is 15.6 Å². The zero-order valence-electron chi connectivity index (χ0n) is 18.2. The van der Waals surface area contributed by atoms with Crippen LogP contribution in [0.2, 0.25) is 0 Å². The van der Waals surface area contributed by atoms with Crippen molar-refractivity contribution >= 4 is 11.7 Å². The van der Waals surface area contributed by atoms with E-state index in [1.54, 1.807) is 18.5 Å². The predicted molar refractivity (Wildman–Crippen MR) is 111 cm³/mol. The molecule has 0 saturated carbocycles. The van der Waals surface area contributed by atoms with Crippen LogP contribution in [0.25, 0.3) is 0 Å². The van der Waals surface area contributed by atoms with E-state index in [1.165, 1.54) is 12.2 Å². The Morgan fingerprint density at radius 3 is 2.72 bits per heavy atom. The van der Waals surface area contributed by atoms with E-state index < -0.39 is 0 Å². The molecule has 164 valence electrons. The van der Waals surface area contributed by atoms with E-state index in [1.807, 2.05) is 20.0 Å². The summed E-state index contributed by atoms with van der Waals surface area (Å²) in [6.07, 6.45) is 8.23. The van der Waals surface area contributed by atoms with Crippen LogP contribution in [-0.2, 0) is 32.0 Å². The summed E-state index contributed by atoms with van der Waals surface area (Å²) in [6, 6.07) is 0. The van der Waals surface area contributed by atoms with Gasteiger partial charge in [0, 0.05) is 37.9 Å². The first-order chi connectivity index (χ1) is 13.9. The van der Waals surface area contributed by atoms with Gasteiger partial charge in [-0.25, -0.2) is 4.68 Å². The number of nitrogens with one attached hydrogen (secondary N) is 1. The van der Waals surface area contributed by atoms with Crippen molar-refractivity contribution in [1.82, 2.24) is 20.3 Å². The monoisotopic (exact) mass is 408 g/mol. The van der Waals surface area contributed by atoms with E-state index >= 15 is 0 Å². The Morgan fingerprint density at radius 2 is 2.00 bits per heavy atom. The molecule has 1 amide bonds. The zero-order chi connectivity index (χ0) is 21.5. The predicted octanol–water partition coefficient (Wildman–Crippen LogP) is 2.33.